The summed E-state index contributed by atoms with van der Waals surface area (Å²) < 4.78 is 0. The van der Waals surface area contributed by atoms with E-state index in [-0.39, 0.29) is 6.04 Å². The highest BCUT2D eigenvalue weighted by Gasteiger charge is 2.18. The molecule has 2 nitrogen and oxygen atoms in total. The molecule has 1 heterocycles. The molecule has 0 aliphatic carbocycles. The molecule has 0 saturated heterocycles. The summed E-state index contributed by atoms with van der Waals surface area (Å²) in [4.78, 5) is 18.7. The van der Waals surface area contributed by atoms with Gasteiger partial charge in [-0.2, -0.15) is 0 Å². The highest BCUT2D eigenvalue weighted by Crippen LogP contribution is 2.30. The molecule has 0 aliphatic rings. The maximum Gasteiger partial charge on any atom is 0.122 e. The zero-order valence-corrected chi connectivity index (χ0v) is 17.0. The second-order valence-corrected chi connectivity index (χ2v) is 8.36. The maximum atomic E-state index is 11.0. The van der Waals surface area contributed by atoms with Gasteiger partial charge in [0.1, 0.15) is 6.29 Å². The lowest BCUT2D eigenvalue weighted by Crippen LogP contribution is -2.13. The molecule has 0 N–H and O–H groups in total. The number of aldehydes is 1. The molecule has 2 aromatic rings. The summed E-state index contributed by atoms with van der Waals surface area (Å²) in [5, 5.41) is 0. The van der Waals surface area contributed by atoms with Crippen molar-refractivity contribution in [3.8, 4) is 0 Å². The predicted octanol–water partition coefficient (Wildman–Crippen LogP) is 6.00. The van der Waals surface area contributed by atoms with Crippen LogP contribution >= 0.6 is 11.3 Å². The SMILES string of the molecule is CC[C@H](CC=O)N=C(c1ccc(C(C)C)cc1)c1c(C)sc(C)c1C. The standard InChI is InChI=1S/C22H29NOS/c1-7-20(12-13-24)23-22(21-15(4)16(5)25-17(21)6)19-10-8-18(9-11-19)14(2)3/h8-11,13-14,20H,7,12H2,1-6H3/t20-/m1/s1. The molecule has 2 rings (SSSR count). The first-order valence-corrected chi connectivity index (χ1v) is 9.89. The molecule has 0 spiro atoms. The first kappa shape index (κ1) is 19.6. The molecule has 1 atom stereocenters. The van der Waals surface area contributed by atoms with Gasteiger partial charge in [0, 0.05) is 27.3 Å². The fraction of sp³-hybridized carbons (Fsp3) is 0.455. The molecular formula is C22H29NOS. The van der Waals surface area contributed by atoms with Gasteiger partial charge in [-0.1, -0.05) is 45.0 Å². The van der Waals surface area contributed by atoms with Crippen molar-refractivity contribution >= 4 is 23.3 Å². The number of rotatable bonds is 7. The van der Waals surface area contributed by atoms with Crippen molar-refractivity contribution in [1.29, 1.82) is 0 Å². The van der Waals surface area contributed by atoms with E-state index >= 15 is 0 Å². The topological polar surface area (TPSA) is 29.4 Å². The maximum absolute atomic E-state index is 11.0. The van der Waals surface area contributed by atoms with Gasteiger partial charge in [0.05, 0.1) is 11.8 Å². The lowest BCUT2D eigenvalue weighted by Gasteiger charge is -2.15. The van der Waals surface area contributed by atoms with Crippen LogP contribution in [0, 0.1) is 20.8 Å². The predicted molar refractivity (Wildman–Crippen MR) is 109 cm³/mol. The summed E-state index contributed by atoms with van der Waals surface area (Å²) in [5.41, 5.74) is 6.04. The molecule has 0 aliphatic heterocycles. The number of hydrogen-bond donors (Lipinski definition) is 0. The molecule has 0 fully saturated rings. The third-order valence-electron chi connectivity index (χ3n) is 4.80. The minimum atomic E-state index is 0.0382. The van der Waals surface area contributed by atoms with E-state index in [1.807, 2.05) is 11.3 Å². The summed E-state index contributed by atoms with van der Waals surface area (Å²) in [6.45, 7) is 13.0. The minimum Gasteiger partial charge on any atom is -0.303 e. The molecule has 0 bridgehead atoms. The molecule has 1 aromatic heterocycles. The molecule has 3 heteroatoms. The normalized spacial score (nSPS) is 13.3. The highest BCUT2D eigenvalue weighted by atomic mass is 32.1. The van der Waals surface area contributed by atoms with Crippen LogP contribution < -0.4 is 0 Å². The Hall–Kier alpha value is -1.74. The molecule has 0 unspecified atom stereocenters. The third kappa shape index (κ3) is 4.46. The van der Waals surface area contributed by atoms with Crippen LogP contribution in [0.5, 0.6) is 0 Å². The first-order valence-electron chi connectivity index (χ1n) is 9.07. The average Bonchev–Trinajstić information content (AvgIpc) is 2.84. The number of thiophene rings is 1. The van der Waals surface area contributed by atoms with Crippen molar-refractivity contribution in [2.45, 2.75) is 66.3 Å². The van der Waals surface area contributed by atoms with E-state index in [0.717, 1.165) is 24.0 Å². The largest absolute Gasteiger partial charge is 0.303 e. The smallest absolute Gasteiger partial charge is 0.122 e. The van der Waals surface area contributed by atoms with Gasteiger partial charge in [-0.15, -0.1) is 11.3 Å². The Morgan fingerprint density at radius 2 is 1.76 bits per heavy atom. The molecule has 0 amide bonds. The first-order chi connectivity index (χ1) is 11.9. The van der Waals surface area contributed by atoms with Crippen LogP contribution in [0.25, 0.3) is 0 Å². The Balaban J connectivity index is 2.59. The summed E-state index contributed by atoms with van der Waals surface area (Å²) in [6.07, 6.45) is 2.33. The van der Waals surface area contributed by atoms with Crippen molar-refractivity contribution in [2.75, 3.05) is 0 Å². The second-order valence-electron chi connectivity index (χ2n) is 6.93. The van der Waals surface area contributed by atoms with Crippen LogP contribution in [0.15, 0.2) is 29.3 Å². The molecule has 0 saturated carbocycles. The molecule has 0 radical (unpaired) electrons. The van der Waals surface area contributed by atoms with E-state index in [1.54, 1.807) is 0 Å². The van der Waals surface area contributed by atoms with Crippen molar-refractivity contribution in [1.82, 2.24) is 0 Å². The van der Waals surface area contributed by atoms with Crippen molar-refractivity contribution in [3.05, 3.63) is 56.3 Å². The van der Waals surface area contributed by atoms with E-state index in [0.29, 0.717) is 12.3 Å². The van der Waals surface area contributed by atoms with Crippen LogP contribution in [0.1, 0.15) is 71.5 Å². The van der Waals surface area contributed by atoms with E-state index < -0.39 is 0 Å². The molecular weight excluding hydrogens is 326 g/mol. The van der Waals surface area contributed by atoms with Crippen LogP contribution in [-0.2, 0) is 4.79 Å². The lowest BCUT2D eigenvalue weighted by atomic mass is 9.95. The second kappa shape index (κ2) is 8.57. The lowest BCUT2D eigenvalue weighted by molar-refractivity contribution is -0.108. The quantitative estimate of drug-likeness (QED) is 0.442. The van der Waals surface area contributed by atoms with Gasteiger partial charge in [0.25, 0.3) is 0 Å². The van der Waals surface area contributed by atoms with Gasteiger partial charge in [0.2, 0.25) is 0 Å². The number of benzene rings is 1. The molecule has 134 valence electrons. The zero-order chi connectivity index (χ0) is 18.6. The number of hydrogen-bond acceptors (Lipinski definition) is 3. The van der Waals surface area contributed by atoms with Crippen LogP contribution in [-0.4, -0.2) is 18.0 Å². The number of carbonyl (C=O) groups excluding carboxylic acids is 1. The van der Waals surface area contributed by atoms with Gasteiger partial charge in [0.15, 0.2) is 0 Å². The number of aryl methyl sites for hydroxylation is 2. The fourth-order valence-electron chi connectivity index (χ4n) is 3.06. The Morgan fingerprint density at radius 3 is 2.20 bits per heavy atom. The summed E-state index contributed by atoms with van der Waals surface area (Å²) in [5.74, 6) is 0.514. The van der Waals surface area contributed by atoms with E-state index in [1.165, 1.54) is 26.4 Å². The Kier molecular flexibility index (Phi) is 6.71. The third-order valence-corrected chi connectivity index (χ3v) is 5.92. The Labute approximate surface area is 156 Å². The summed E-state index contributed by atoms with van der Waals surface area (Å²) in [7, 11) is 0. The number of aliphatic imine (C=N–C) groups is 1. The highest BCUT2D eigenvalue weighted by molar-refractivity contribution is 7.12. The molecule has 25 heavy (non-hydrogen) atoms. The van der Waals surface area contributed by atoms with E-state index in [4.69, 9.17) is 4.99 Å². The fourth-order valence-corrected chi connectivity index (χ4v) is 4.12. The Bertz CT molecular complexity index is 753. The van der Waals surface area contributed by atoms with Crippen molar-refractivity contribution < 1.29 is 4.79 Å². The van der Waals surface area contributed by atoms with Gasteiger partial charge in [-0.25, -0.2) is 0 Å². The van der Waals surface area contributed by atoms with Gasteiger partial charge < -0.3 is 4.79 Å². The summed E-state index contributed by atoms with van der Waals surface area (Å²) in [6, 6.07) is 8.78. The monoisotopic (exact) mass is 355 g/mol. The van der Waals surface area contributed by atoms with Crippen molar-refractivity contribution in [2.24, 2.45) is 4.99 Å². The van der Waals surface area contributed by atoms with E-state index in [9.17, 15) is 4.79 Å². The van der Waals surface area contributed by atoms with Crippen LogP contribution in [0.3, 0.4) is 0 Å². The van der Waals surface area contributed by atoms with Crippen LogP contribution in [0.4, 0.5) is 0 Å². The van der Waals surface area contributed by atoms with Gasteiger partial charge in [-0.3, -0.25) is 4.99 Å². The molecule has 1 aromatic carbocycles. The average molecular weight is 356 g/mol. The van der Waals surface area contributed by atoms with Crippen molar-refractivity contribution in [3.63, 3.8) is 0 Å². The van der Waals surface area contributed by atoms with Gasteiger partial charge in [-0.05, 0) is 44.2 Å². The van der Waals surface area contributed by atoms with Crippen LogP contribution in [0.2, 0.25) is 0 Å². The van der Waals surface area contributed by atoms with Gasteiger partial charge >= 0.3 is 0 Å². The van der Waals surface area contributed by atoms with E-state index in [2.05, 4.69) is 65.8 Å². The zero-order valence-electron chi connectivity index (χ0n) is 16.2. The minimum absolute atomic E-state index is 0.0382. The summed E-state index contributed by atoms with van der Waals surface area (Å²) >= 11 is 1.82. The number of nitrogens with zero attached hydrogens (tertiary/aromatic N) is 1. The Morgan fingerprint density at radius 1 is 1.12 bits per heavy atom. The number of carbonyl (C=O) groups is 1.